The highest BCUT2D eigenvalue weighted by atomic mass is 16.6. The Morgan fingerprint density at radius 3 is 2.68 bits per heavy atom. The van der Waals surface area contributed by atoms with Gasteiger partial charge in [-0.3, -0.25) is 4.79 Å². The highest BCUT2D eigenvalue weighted by Crippen LogP contribution is 2.46. The Labute approximate surface area is 147 Å². The Balaban J connectivity index is 1.62. The fourth-order valence-electron chi connectivity index (χ4n) is 3.71. The first kappa shape index (κ1) is 15.9. The average Bonchev–Trinajstić information content (AvgIpc) is 2.83. The summed E-state index contributed by atoms with van der Waals surface area (Å²) in [6.07, 6.45) is 2.55. The highest BCUT2D eigenvalue weighted by Gasteiger charge is 2.52. The van der Waals surface area contributed by atoms with Crippen LogP contribution in [0, 0.1) is 0 Å². The minimum Gasteiger partial charge on any atom is -0.491 e. The monoisotopic (exact) mass is 335 g/mol. The summed E-state index contributed by atoms with van der Waals surface area (Å²) in [6.45, 7) is 2.46. The van der Waals surface area contributed by atoms with E-state index in [9.17, 15) is 4.79 Å². The van der Waals surface area contributed by atoms with Crippen molar-refractivity contribution in [2.24, 2.45) is 0 Å². The predicted molar refractivity (Wildman–Crippen MR) is 96.7 cm³/mol. The van der Waals surface area contributed by atoms with Crippen molar-refractivity contribution in [3.05, 3.63) is 71.8 Å². The Morgan fingerprint density at radius 1 is 1.16 bits per heavy atom. The molecule has 2 unspecified atom stereocenters. The second kappa shape index (κ2) is 6.05. The summed E-state index contributed by atoms with van der Waals surface area (Å²) in [5.41, 5.74) is 1.93. The first-order valence-electron chi connectivity index (χ1n) is 8.52. The molecule has 0 saturated carbocycles. The lowest BCUT2D eigenvalue weighted by atomic mass is 9.88. The maximum Gasteiger partial charge on any atom is 0.267 e. The van der Waals surface area contributed by atoms with E-state index in [4.69, 9.17) is 9.47 Å². The largest absolute Gasteiger partial charge is 0.491 e. The lowest BCUT2D eigenvalue weighted by Gasteiger charge is -2.35. The third-order valence-electron chi connectivity index (χ3n) is 4.82. The summed E-state index contributed by atoms with van der Waals surface area (Å²) in [5.74, 6) is 0.764. The van der Waals surface area contributed by atoms with Gasteiger partial charge in [0.05, 0.1) is 11.8 Å². The summed E-state index contributed by atoms with van der Waals surface area (Å²) in [5, 5.41) is 0. The van der Waals surface area contributed by atoms with Crippen LogP contribution in [0.25, 0.3) is 0 Å². The van der Waals surface area contributed by atoms with Crippen molar-refractivity contribution in [3.8, 4) is 5.75 Å². The summed E-state index contributed by atoms with van der Waals surface area (Å²) >= 11 is 0. The minimum absolute atomic E-state index is 0.0440. The van der Waals surface area contributed by atoms with E-state index in [0.29, 0.717) is 6.61 Å². The zero-order chi connectivity index (χ0) is 17.4. The number of hydrogen-bond acceptors (Lipinski definition) is 3. The smallest absolute Gasteiger partial charge is 0.267 e. The molecule has 0 saturated heterocycles. The fourth-order valence-corrected chi connectivity index (χ4v) is 3.71. The van der Waals surface area contributed by atoms with Gasteiger partial charge < -0.3 is 14.4 Å². The molecule has 0 aliphatic carbocycles. The first-order chi connectivity index (χ1) is 12.1. The zero-order valence-electron chi connectivity index (χ0n) is 14.4. The Hall–Kier alpha value is -2.59. The van der Waals surface area contributed by atoms with Crippen LogP contribution in [-0.2, 0) is 15.1 Å². The van der Waals surface area contributed by atoms with Crippen molar-refractivity contribution in [2.45, 2.75) is 25.0 Å². The molecule has 2 aromatic carbocycles. The maximum absolute atomic E-state index is 13.0. The van der Waals surface area contributed by atoms with E-state index in [0.717, 1.165) is 29.0 Å². The number of para-hydroxylation sites is 2. The van der Waals surface area contributed by atoms with Crippen LogP contribution >= 0.6 is 0 Å². The van der Waals surface area contributed by atoms with Gasteiger partial charge in [0.2, 0.25) is 0 Å². The number of anilines is 1. The van der Waals surface area contributed by atoms with Crippen molar-refractivity contribution < 1.29 is 14.3 Å². The molecule has 0 N–H and O–H groups in total. The van der Waals surface area contributed by atoms with E-state index in [2.05, 4.69) is 0 Å². The molecule has 0 radical (unpaired) electrons. The van der Waals surface area contributed by atoms with E-state index in [-0.39, 0.29) is 12.0 Å². The highest BCUT2D eigenvalue weighted by molar-refractivity contribution is 6.08. The lowest BCUT2D eigenvalue weighted by Crippen LogP contribution is -2.45. The van der Waals surface area contributed by atoms with Gasteiger partial charge in [0.1, 0.15) is 12.4 Å². The molecule has 2 aromatic rings. The van der Waals surface area contributed by atoms with E-state index in [1.165, 1.54) is 0 Å². The van der Waals surface area contributed by atoms with Gasteiger partial charge in [-0.2, -0.15) is 0 Å². The summed E-state index contributed by atoms with van der Waals surface area (Å²) in [6, 6.07) is 17.5. The van der Waals surface area contributed by atoms with Crippen molar-refractivity contribution >= 4 is 11.6 Å². The number of hydrogen-bond donors (Lipinski definition) is 0. The third kappa shape index (κ3) is 2.63. The molecule has 128 valence electrons. The van der Waals surface area contributed by atoms with Crippen molar-refractivity contribution in [1.82, 2.24) is 0 Å². The van der Waals surface area contributed by atoms with Gasteiger partial charge in [-0.15, -0.1) is 0 Å². The van der Waals surface area contributed by atoms with Gasteiger partial charge in [0.15, 0.2) is 5.60 Å². The molecular weight excluding hydrogens is 314 g/mol. The SMILES string of the molecule is CC1=CC2(OC(COc3ccccc3)C1)C(=O)N(C)c1ccccc12. The maximum atomic E-state index is 13.0. The van der Waals surface area contributed by atoms with Gasteiger partial charge in [-0.05, 0) is 37.6 Å². The number of carbonyl (C=O) groups is 1. The number of fused-ring (bicyclic) bond motifs is 2. The van der Waals surface area contributed by atoms with Crippen molar-refractivity contribution in [1.29, 1.82) is 0 Å². The summed E-state index contributed by atoms with van der Waals surface area (Å²) < 4.78 is 12.2. The van der Waals surface area contributed by atoms with Gasteiger partial charge in [0, 0.05) is 12.6 Å². The standard InChI is InChI=1S/C21H21NO3/c1-15-12-17(14-24-16-8-4-3-5-9-16)25-21(13-15)18-10-6-7-11-19(18)22(2)20(21)23/h3-11,13,17H,12,14H2,1-2H3. The predicted octanol–water partition coefficient (Wildman–Crippen LogP) is 3.67. The summed E-state index contributed by atoms with van der Waals surface area (Å²) in [7, 11) is 1.80. The van der Waals surface area contributed by atoms with Gasteiger partial charge in [-0.1, -0.05) is 42.0 Å². The van der Waals surface area contributed by atoms with E-state index in [1.54, 1.807) is 11.9 Å². The molecule has 0 bridgehead atoms. The number of benzene rings is 2. The van der Waals surface area contributed by atoms with Crippen LogP contribution in [0.15, 0.2) is 66.2 Å². The molecule has 2 aliphatic heterocycles. The molecule has 25 heavy (non-hydrogen) atoms. The van der Waals surface area contributed by atoms with Gasteiger partial charge in [-0.25, -0.2) is 0 Å². The van der Waals surface area contributed by atoms with Crippen molar-refractivity contribution in [3.63, 3.8) is 0 Å². The van der Waals surface area contributed by atoms with E-state index >= 15 is 0 Å². The normalized spacial score (nSPS) is 25.0. The van der Waals surface area contributed by atoms with E-state index < -0.39 is 5.60 Å². The second-order valence-corrected chi connectivity index (χ2v) is 6.68. The van der Waals surface area contributed by atoms with Crippen LogP contribution in [0.5, 0.6) is 5.75 Å². The molecule has 2 heterocycles. The summed E-state index contributed by atoms with van der Waals surface area (Å²) in [4.78, 5) is 14.7. The number of likely N-dealkylation sites (N-methyl/N-ethyl adjacent to an activating group) is 1. The molecule has 2 atom stereocenters. The molecule has 4 nitrogen and oxygen atoms in total. The number of nitrogens with zero attached hydrogens (tertiary/aromatic N) is 1. The molecule has 1 spiro atoms. The van der Waals surface area contributed by atoms with Gasteiger partial charge in [0.25, 0.3) is 5.91 Å². The first-order valence-corrected chi connectivity index (χ1v) is 8.52. The molecule has 2 aliphatic rings. The Kier molecular flexibility index (Phi) is 3.85. The molecule has 0 aromatic heterocycles. The lowest BCUT2D eigenvalue weighted by molar-refractivity contribution is -0.148. The third-order valence-corrected chi connectivity index (χ3v) is 4.82. The van der Waals surface area contributed by atoms with Crippen molar-refractivity contribution in [2.75, 3.05) is 18.6 Å². The van der Waals surface area contributed by atoms with Crippen LogP contribution < -0.4 is 9.64 Å². The topological polar surface area (TPSA) is 38.8 Å². The second-order valence-electron chi connectivity index (χ2n) is 6.68. The van der Waals surface area contributed by atoms with Crippen LogP contribution in [0.4, 0.5) is 5.69 Å². The van der Waals surface area contributed by atoms with Crippen LogP contribution in [0.2, 0.25) is 0 Å². The average molecular weight is 335 g/mol. The number of rotatable bonds is 3. The van der Waals surface area contributed by atoms with Gasteiger partial charge >= 0.3 is 0 Å². The number of ether oxygens (including phenoxy) is 2. The van der Waals surface area contributed by atoms with Crippen LogP contribution in [0.1, 0.15) is 18.9 Å². The quantitative estimate of drug-likeness (QED) is 0.803. The molecule has 4 heteroatoms. The van der Waals surface area contributed by atoms with Crippen LogP contribution in [0.3, 0.4) is 0 Å². The number of carbonyl (C=O) groups excluding carboxylic acids is 1. The fraction of sp³-hybridized carbons (Fsp3) is 0.286. The molecule has 0 fully saturated rings. The van der Waals surface area contributed by atoms with Crippen LogP contribution in [-0.4, -0.2) is 25.7 Å². The van der Waals surface area contributed by atoms with E-state index in [1.807, 2.05) is 67.6 Å². The number of amides is 1. The Morgan fingerprint density at radius 2 is 1.88 bits per heavy atom. The Bertz CT molecular complexity index is 830. The molecule has 4 rings (SSSR count). The minimum atomic E-state index is -1.03. The zero-order valence-corrected chi connectivity index (χ0v) is 14.4. The molecular formula is C21H21NO3. The molecule has 1 amide bonds.